The van der Waals surface area contributed by atoms with Gasteiger partial charge in [0.15, 0.2) is 11.5 Å². The van der Waals surface area contributed by atoms with Crippen LogP contribution in [0.5, 0.6) is 17.2 Å². The maximum absolute atomic E-state index is 12.4. The van der Waals surface area contributed by atoms with Gasteiger partial charge in [-0.05, 0) is 36.2 Å². The number of hydrogen-bond acceptors (Lipinski definition) is 6. The van der Waals surface area contributed by atoms with E-state index in [2.05, 4.69) is 10.3 Å². The van der Waals surface area contributed by atoms with Gasteiger partial charge in [-0.15, -0.1) is 0 Å². The van der Waals surface area contributed by atoms with Crippen LogP contribution in [0.15, 0.2) is 59.7 Å². The number of methoxy groups -OCH3 is 1. The van der Waals surface area contributed by atoms with Gasteiger partial charge in [-0.3, -0.25) is 14.2 Å². The molecule has 154 valence electrons. The smallest absolute Gasteiger partial charge is 0.254 e. The van der Waals surface area contributed by atoms with E-state index in [9.17, 15) is 9.59 Å². The third-order valence-electron chi connectivity index (χ3n) is 4.77. The van der Waals surface area contributed by atoms with Crippen LogP contribution in [0.4, 0.5) is 0 Å². The molecule has 0 spiro atoms. The Balaban J connectivity index is 1.36. The van der Waals surface area contributed by atoms with E-state index in [4.69, 9.17) is 14.2 Å². The minimum absolute atomic E-state index is 0.0980. The van der Waals surface area contributed by atoms with E-state index in [0.29, 0.717) is 30.2 Å². The number of hydrogen-bond donors (Lipinski definition) is 1. The number of ether oxygens (including phenoxy) is 3. The fourth-order valence-corrected chi connectivity index (χ4v) is 3.22. The van der Waals surface area contributed by atoms with Crippen LogP contribution in [0.2, 0.25) is 0 Å². The van der Waals surface area contributed by atoms with Gasteiger partial charge < -0.3 is 19.5 Å². The highest BCUT2D eigenvalue weighted by Gasteiger charge is 2.15. The van der Waals surface area contributed by atoms with Crippen molar-refractivity contribution in [3.05, 3.63) is 70.8 Å². The normalized spacial score (nSPS) is 11.9. The second-order valence-corrected chi connectivity index (χ2v) is 6.72. The molecule has 0 bridgehead atoms. The van der Waals surface area contributed by atoms with E-state index in [-0.39, 0.29) is 24.8 Å². The Labute approximate surface area is 173 Å². The fraction of sp³-hybridized carbons (Fsp3) is 0.227. The molecule has 8 heteroatoms. The number of carbonyl (C=O) groups is 1. The summed E-state index contributed by atoms with van der Waals surface area (Å²) in [6, 6.07) is 14.4. The van der Waals surface area contributed by atoms with Gasteiger partial charge in [0.1, 0.15) is 12.3 Å². The first-order valence-corrected chi connectivity index (χ1v) is 9.49. The van der Waals surface area contributed by atoms with Gasteiger partial charge in [-0.25, -0.2) is 4.98 Å². The zero-order valence-corrected chi connectivity index (χ0v) is 16.5. The number of rotatable bonds is 7. The Morgan fingerprint density at radius 3 is 2.83 bits per heavy atom. The Kier molecular flexibility index (Phi) is 5.65. The second kappa shape index (κ2) is 8.69. The van der Waals surface area contributed by atoms with Crippen LogP contribution in [0.3, 0.4) is 0 Å². The topological polar surface area (TPSA) is 91.7 Å². The average molecular weight is 407 g/mol. The Morgan fingerprint density at radius 1 is 1.17 bits per heavy atom. The molecule has 4 rings (SSSR count). The molecule has 1 amide bonds. The molecule has 0 saturated heterocycles. The van der Waals surface area contributed by atoms with Crippen LogP contribution < -0.4 is 25.1 Å². The molecule has 2 heterocycles. The van der Waals surface area contributed by atoms with E-state index in [0.717, 1.165) is 16.9 Å². The third-order valence-corrected chi connectivity index (χ3v) is 4.77. The summed E-state index contributed by atoms with van der Waals surface area (Å²) >= 11 is 0. The lowest BCUT2D eigenvalue weighted by Crippen LogP contribution is -2.33. The van der Waals surface area contributed by atoms with Crippen molar-refractivity contribution in [2.24, 2.45) is 0 Å². The SMILES string of the molecule is COc1ccccc1CCNC(=O)Cn1cnc(-c2ccc3c(c2)OCO3)cc1=O. The first kappa shape index (κ1) is 19.5. The van der Waals surface area contributed by atoms with Crippen LogP contribution in [-0.4, -0.2) is 35.9 Å². The highest BCUT2D eigenvalue weighted by Crippen LogP contribution is 2.35. The molecule has 2 aromatic carbocycles. The average Bonchev–Trinajstić information content (AvgIpc) is 3.23. The standard InChI is InChI=1S/C22H21N3O5/c1-28-18-5-3-2-4-15(18)8-9-23-21(26)12-25-13-24-17(11-22(25)27)16-6-7-19-20(10-16)30-14-29-19/h2-7,10-11,13H,8-9,12,14H2,1H3,(H,23,26). The summed E-state index contributed by atoms with van der Waals surface area (Å²) in [5.41, 5.74) is 1.95. The molecule has 8 nitrogen and oxygen atoms in total. The molecular formula is C22H21N3O5. The van der Waals surface area contributed by atoms with Crippen molar-refractivity contribution >= 4 is 5.91 Å². The number of amides is 1. The quantitative estimate of drug-likeness (QED) is 0.644. The molecule has 0 unspecified atom stereocenters. The van der Waals surface area contributed by atoms with Gasteiger partial charge >= 0.3 is 0 Å². The third kappa shape index (κ3) is 4.27. The van der Waals surface area contributed by atoms with Gasteiger partial charge in [-0.1, -0.05) is 18.2 Å². The van der Waals surface area contributed by atoms with Crippen molar-refractivity contribution in [1.82, 2.24) is 14.9 Å². The van der Waals surface area contributed by atoms with Gasteiger partial charge in [-0.2, -0.15) is 0 Å². The monoisotopic (exact) mass is 407 g/mol. The zero-order chi connectivity index (χ0) is 20.9. The molecule has 0 atom stereocenters. The first-order valence-electron chi connectivity index (χ1n) is 9.49. The molecule has 0 radical (unpaired) electrons. The van der Waals surface area contributed by atoms with Gasteiger partial charge in [0.2, 0.25) is 12.7 Å². The van der Waals surface area contributed by atoms with E-state index in [1.165, 1.54) is 17.0 Å². The molecule has 0 saturated carbocycles. The van der Waals surface area contributed by atoms with Gasteiger partial charge in [0.25, 0.3) is 5.56 Å². The number of aromatic nitrogens is 2. The molecule has 1 aliphatic heterocycles. The summed E-state index contributed by atoms with van der Waals surface area (Å²) in [6.07, 6.45) is 2.01. The second-order valence-electron chi connectivity index (χ2n) is 6.72. The van der Waals surface area contributed by atoms with Gasteiger partial charge in [0.05, 0.1) is 19.1 Å². The lowest BCUT2D eigenvalue weighted by molar-refractivity contribution is -0.121. The number of carbonyl (C=O) groups excluding carboxylic acids is 1. The van der Waals surface area contributed by atoms with E-state index in [1.807, 2.05) is 30.3 Å². The highest BCUT2D eigenvalue weighted by atomic mass is 16.7. The van der Waals surface area contributed by atoms with Crippen LogP contribution >= 0.6 is 0 Å². The van der Waals surface area contributed by atoms with Crippen molar-refractivity contribution in [2.75, 3.05) is 20.4 Å². The van der Waals surface area contributed by atoms with Crippen molar-refractivity contribution in [3.8, 4) is 28.5 Å². The summed E-state index contributed by atoms with van der Waals surface area (Å²) in [6.45, 7) is 0.524. The zero-order valence-electron chi connectivity index (χ0n) is 16.5. The predicted octanol–water partition coefficient (Wildman–Crippen LogP) is 2.01. The molecule has 1 N–H and O–H groups in total. The molecule has 3 aromatic rings. The summed E-state index contributed by atoms with van der Waals surface area (Å²) in [5.74, 6) is 1.81. The van der Waals surface area contributed by atoms with Crippen LogP contribution in [-0.2, 0) is 17.8 Å². The molecule has 0 aliphatic carbocycles. The molecule has 0 fully saturated rings. The van der Waals surface area contributed by atoms with Crippen molar-refractivity contribution in [3.63, 3.8) is 0 Å². The fourth-order valence-electron chi connectivity index (χ4n) is 3.22. The van der Waals surface area contributed by atoms with Gasteiger partial charge in [0, 0.05) is 18.2 Å². The lowest BCUT2D eigenvalue weighted by Gasteiger charge is -2.10. The van der Waals surface area contributed by atoms with Crippen molar-refractivity contribution in [1.29, 1.82) is 0 Å². The summed E-state index contributed by atoms with van der Waals surface area (Å²) < 4.78 is 17.2. The maximum atomic E-state index is 12.4. The Hall–Kier alpha value is -3.81. The summed E-state index contributed by atoms with van der Waals surface area (Å²) in [4.78, 5) is 29.0. The lowest BCUT2D eigenvalue weighted by atomic mass is 10.1. The van der Waals surface area contributed by atoms with Crippen LogP contribution in [0.1, 0.15) is 5.56 Å². The highest BCUT2D eigenvalue weighted by molar-refractivity contribution is 5.75. The molecule has 1 aliphatic rings. The number of fused-ring (bicyclic) bond motifs is 1. The molecule has 30 heavy (non-hydrogen) atoms. The predicted molar refractivity (Wildman–Crippen MR) is 110 cm³/mol. The molecule has 1 aromatic heterocycles. The number of nitrogens with zero attached hydrogens (tertiary/aromatic N) is 2. The first-order chi connectivity index (χ1) is 14.6. The van der Waals surface area contributed by atoms with Crippen LogP contribution in [0, 0.1) is 0 Å². The maximum Gasteiger partial charge on any atom is 0.254 e. The minimum Gasteiger partial charge on any atom is -0.496 e. The number of para-hydroxylation sites is 1. The van der Waals surface area contributed by atoms with E-state index in [1.54, 1.807) is 19.2 Å². The largest absolute Gasteiger partial charge is 0.496 e. The number of nitrogens with one attached hydrogen (secondary N) is 1. The van der Waals surface area contributed by atoms with Crippen molar-refractivity contribution < 1.29 is 19.0 Å². The van der Waals surface area contributed by atoms with E-state index < -0.39 is 0 Å². The molecular weight excluding hydrogens is 386 g/mol. The van der Waals surface area contributed by atoms with E-state index >= 15 is 0 Å². The van der Waals surface area contributed by atoms with Crippen molar-refractivity contribution in [2.45, 2.75) is 13.0 Å². The van der Waals surface area contributed by atoms with Crippen LogP contribution in [0.25, 0.3) is 11.3 Å². The summed E-state index contributed by atoms with van der Waals surface area (Å²) in [7, 11) is 1.62. The Bertz CT molecular complexity index is 1130. The number of benzene rings is 2. The summed E-state index contributed by atoms with van der Waals surface area (Å²) in [5, 5.41) is 2.82. The Morgan fingerprint density at radius 2 is 2.00 bits per heavy atom. The minimum atomic E-state index is -0.308.